The molecule has 0 saturated carbocycles. The molecule has 1 aromatic rings. The van der Waals surface area contributed by atoms with Gasteiger partial charge in [-0.25, -0.2) is 0 Å². The molecule has 0 bridgehead atoms. The quantitative estimate of drug-likeness (QED) is 0.746. The molecule has 0 atom stereocenters. The summed E-state index contributed by atoms with van der Waals surface area (Å²) in [5, 5.41) is 0. The van der Waals surface area contributed by atoms with Gasteiger partial charge in [-0.15, -0.1) is 0 Å². The molecule has 1 amide bonds. The normalized spacial score (nSPS) is 10.1. The van der Waals surface area contributed by atoms with Gasteiger partial charge in [0.15, 0.2) is 0 Å². The summed E-state index contributed by atoms with van der Waals surface area (Å²) in [5.74, 6) is 0.843. The second kappa shape index (κ2) is 8.53. The molecule has 0 radical (unpaired) electrons. The van der Waals surface area contributed by atoms with Gasteiger partial charge in [0.05, 0.1) is 18.0 Å². The molecule has 0 fully saturated rings. The smallest absolute Gasteiger partial charge is 0.225 e. The van der Waals surface area contributed by atoms with Crippen molar-refractivity contribution in [1.29, 1.82) is 0 Å². The summed E-state index contributed by atoms with van der Waals surface area (Å²) in [6, 6.07) is 7.92. The Labute approximate surface area is 125 Å². The van der Waals surface area contributed by atoms with Gasteiger partial charge >= 0.3 is 0 Å². The first-order chi connectivity index (χ1) is 9.52. The van der Waals surface area contributed by atoms with Crippen LogP contribution in [0.15, 0.2) is 24.3 Å². The molecule has 0 heterocycles. The minimum absolute atomic E-state index is 0.0351. The van der Waals surface area contributed by atoms with Crippen molar-refractivity contribution in [3.8, 4) is 5.75 Å². The van der Waals surface area contributed by atoms with E-state index in [4.69, 9.17) is 22.7 Å². The van der Waals surface area contributed by atoms with Gasteiger partial charge in [-0.2, -0.15) is 0 Å². The first kappa shape index (κ1) is 16.4. The maximum Gasteiger partial charge on any atom is 0.225 e. The highest BCUT2D eigenvalue weighted by molar-refractivity contribution is 7.80. The standard InChI is InChI=1S/C15H22N2O2S/c1-3-12-5-4-6-13(11-12)19-10-8-15(18)17(2)9-7-14(16)20/h4-6,11H,3,7-10H2,1-2H3,(H2,16,20). The van der Waals surface area contributed by atoms with E-state index in [1.54, 1.807) is 11.9 Å². The fraction of sp³-hybridized carbons (Fsp3) is 0.467. The van der Waals surface area contributed by atoms with Crippen molar-refractivity contribution in [3.63, 3.8) is 0 Å². The van der Waals surface area contributed by atoms with Crippen molar-refractivity contribution < 1.29 is 9.53 Å². The van der Waals surface area contributed by atoms with E-state index >= 15 is 0 Å². The van der Waals surface area contributed by atoms with Gasteiger partial charge in [0.25, 0.3) is 0 Å². The van der Waals surface area contributed by atoms with Crippen LogP contribution in [0.2, 0.25) is 0 Å². The Balaban J connectivity index is 2.32. The summed E-state index contributed by atoms with van der Waals surface area (Å²) < 4.78 is 5.60. The van der Waals surface area contributed by atoms with Crippen molar-refractivity contribution in [2.45, 2.75) is 26.2 Å². The van der Waals surface area contributed by atoms with E-state index in [1.165, 1.54) is 5.56 Å². The van der Waals surface area contributed by atoms with Crippen molar-refractivity contribution >= 4 is 23.1 Å². The van der Waals surface area contributed by atoms with E-state index in [9.17, 15) is 4.79 Å². The molecule has 1 aromatic carbocycles. The predicted octanol–water partition coefficient (Wildman–Crippen LogP) is 2.15. The maximum absolute atomic E-state index is 11.8. The number of nitrogens with two attached hydrogens (primary N) is 1. The summed E-state index contributed by atoms with van der Waals surface area (Å²) in [5.41, 5.74) is 6.64. The summed E-state index contributed by atoms with van der Waals surface area (Å²) in [6.45, 7) is 3.03. The molecule has 0 aliphatic heterocycles. The van der Waals surface area contributed by atoms with Crippen LogP contribution < -0.4 is 10.5 Å². The lowest BCUT2D eigenvalue weighted by Crippen LogP contribution is -2.30. The summed E-state index contributed by atoms with van der Waals surface area (Å²) >= 11 is 4.79. The molecule has 2 N–H and O–H groups in total. The second-order valence-electron chi connectivity index (χ2n) is 4.63. The van der Waals surface area contributed by atoms with E-state index in [2.05, 4.69) is 13.0 Å². The fourth-order valence-electron chi connectivity index (χ4n) is 1.70. The zero-order valence-corrected chi connectivity index (χ0v) is 12.9. The molecule has 0 aliphatic carbocycles. The van der Waals surface area contributed by atoms with Crippen LogP contribution in [-0.2, 0) is 11.2 Å². The van der Waals surface area contributed by atoms with Crippen LogP contribution in [0.3, 0.4) is 0 Å². The van der Waals surface area contributed by atoms with Crippen LogP contribution >= 0.6 is 12.2 Å². The first-order valence-corrected chi connectivity index (χ1v) is 7.17. The van der Waals surface area contributed by atoms with Gasteiger partial charge in [0.2, 0.25) is 5.91 Å². The van der Waals surface area contributed by atoms with Gasteiger partial charge in [-0.05, 0) is 24.1 Å². The Morgan fingerprint density at radius 1 is 1.40 bits per heavy atom. The SMILES string of the molecule is CCc1cccc(OCCC(=O)N(C)CCC(N)=S)c1. The van der Waals surface area contributed by atoms with Crippen molar-refractivity contribution in [3.05, 3.63) is 29.8 Å². The van der Waals surface area contributed by atoms with Crippen LogP contribution in [-0.4, -0.2) is 36.0 Å². The van der Waals surface area contributed by atoms with Gasteiger partial charge in [-0.3, -0.25) is 4.79 Å². The van der Waals surface area contributed by atoms with Crippen LogP contribution in [0.25, 0.3) is 0 Å². The number of nitrogens with zero attached hydrogens (tertiary/aromatic N) is 1. The van der Waals surface area contributed by atoms with Crippen LogP contribution in [0, 0.1) is 0 Å². The highest BCUT2D eigenvalue weighted by Gasteiger charge is 2.09. The Morgan fingerprint density at radius 2 is 2.15 bits per heavy atom. The summed E-state index contributed by atoms with van der Waals surface area (Å²) in [6.07, 6.45) is 1.87. The Morgan fingerprint density at radius 3 is 2.80 bits per heavy atom. The molecule has 5 heteroatoms. The number of ether oxygens (including phenoxy) is 1. The van der Waals surface area contributed by atoms with Gasteiger partial charge in [0, 0.05) is 20.0 Å². The average Bonchev–Trinajstić information content (AvgIpc) is 2.44. The number of hydrogen-bond acceptors (Lipinski definition) is 3. The number of aryl methyl sites for hydroxylation is 1. The minimum Gasteiger partial charge on any atom is -0.493 e. The molecule has 0 aromatic heterocycles. The Kier molecular flexibility index (Phi) is 7.01. The summed E-state index contributed by atoms with van der Waals surface area (Å²) in [7, 11) is 1.75. The molecule has 0 aliphatic rings. The second-order valence-corrected chi connectivity index (χ2v) is 5.16. The summed E-state index contributed by atoms with van der Waals surface area (Å²) in [4.78, 5) is 13.9. The number of carbonyl (C=O) groups is 1. The average molecular weight is 294 g/mol. The lowest BCUT2D eigenvalue weighted by molar-refractivity contribution is -0.130. The lowest BCUT2D eigenvalue weighted by Gasteiger charge is -2.17. The first-order valence-electron chi connectivity index (χ1n) is 6.77. The van der Waals surface area contributed by atoms with E-state index in [0.717, 1.165) is 12.2 Å². The van der Waals surface area contributed by atoms with Gasteiger partial charge < -0.3 is 15.4 Å². The third-order valence-electron chi connectivity index (χ3n) is 3.01. The molecule has 4 nitrogen and oxygen atoms in total. The van der Waals surface area contributed by atoms with E-state index in [0.29, 0.717) is 31.0 Å². The van der Waals surface area contributed by atoms with Crippen LogP contribution in [0.5, 0.6) is 5.75 Å². The number of rotatable bonds is 8. The molecular weight excluding hydrogens is 272 g/mol. The highest BCUT2D eigenvalue weighted by Crippen LogP contribution is 2.13. The number of hydrogen-bond donors (Lipinski definition) is 1. The van der Waals surface area contributed by atoms with Crippen LogP contribution in [0.4, 0.5) is 0 Å². The molecule has 110 valence electrons. The topological polar surface area (TPSA) is 55.6 Å². The Hall–Kier alpha value is -1.62. The van der Waals surface area contributed by atoms with E-state index in [-0.39, 0.29) is 5.91 Å². The zero-order valence-electron chi connectivity index (χ0n) is 12.1. The zero-order chi connectivity index (χ0) is 15.0. The Bertz CT molecular complexity index is 463. The minimum atomic E-state index is 0.0351. The van der Waals surface area contributed by atoms with Crippen molar-refractivity contribution in [1.82, 2.24) is 4.90 Å². The number of thiocarbonyl (C=S) groups is 1. The molecule has 0 spiro atoms. The fourth-order valence-corrected chi connectivity index (χ4v) is 1.80. The number of amides is 1. The van der Waals surface area contributed by atoms with Gasteiger partial charge in [-0.1, -0.05) is 31.3 Å². The number of benzene rings is 1. The maximum atomic E-state index is 11.8. The van der Waals surface area contributed by atoms with E-state index < -0.39 is 0 Å². The molecule has 0 saturated heterocycles. The third-order valence-corrected chi connectivity index (χ3v) is 3.21. The molecular formula is C15H22N2O2S. The monoisotopic (exact) mass is 294 g/mol. The largest absolute Gasteiger partial charge is 0.493 e. The van der Waals surface area contributed by atoms with Crippen LogP contribution in [0.1, 0.15) is 25.3 Å². The number of carbonyl (C=O) groups excluding carboxylic acids is 1. The van der Waals surface area contributed by atoms with Gasteiger partial charge in [0.1, 0.15) is 5.75 Å². The molecule has 20 heavy (non-hydrogen) atoms. The van der Waals surface area contributed by atoms with E-state index in [1.807, 2.05) is 18.2 Å². The third kappa shape index (κ3) is 6.02. The molecule has 1 rings (SSSR count). The predicted molar refractivity (Wildman–Crippen MR) is 85.0 cm³/mol. The van der Waals surface area contributed by atoms with Crippen molar-refractivity contribution in [2.75, 3.05) is 20.2 Å². The highest BCUT2D eigenvalue weighted by atomic mass is 32.1. The lowest BCUT2D eigenvalue weighted by atomic mass is 10.2. The van der Waals surface area contributed by atoms with Crippen molar-refractivity contribution in [2.24, 2.45) is 5.73 Å². The molecule has 0 unspecified atom stereocenters.